The maximum atomic E-state index is 5.15. The molecule has 1 saturated heterocycles. The smallest absolute Gasteiger partial charge is 0.245 e. The summed E-state index contributed by atoms with van der Waals surface area (Å²) < 4.78 is 15.0. The predicted molar refractivity (Wildman–Crippen MR) is 93.8 cm³/mol. The van der Waals surface area contributed by atoms with Gasteiger partial charge in [-0.25, -0.2) is 14.6 Å². The van der Waals surface area contributed by atoms with E-state index in [2.05, 4.69) is 30.5 Å². The van der Waals surface area contributed by atoms with E-state index in [4.69, 9.17) is 14.1 Å². The minimum Gasteiger partial charge on any atom is -0.385 e. The van der Waals surface area contributed by atoms with Crippen LogP contribution in [0.3, 0.4) is 0 Å². The van der Waals surface area contributed by atoms with E-state index in [-0.39, 0.29) is 0 Å². The lowest BCUT2D eigenvalue weighted by atomic mass is 9.92. The summed E-state index contributed by atoms with van der Waals surface area (Å²) in [6.45, 7) is 4.01. The van der Waals surface area contributed by atoms with Crippen molar-refractivity contribution >= 4 is 22.9 Å². The number of piperidine rings is 1. The molecule has 3 rings (SSSR count). The highest BCUT2D eigenvalue weighted by Crippen LogP contribution is 2.29. The van der Waals surface area contributed by atoms with Gasteiger partial charge in [-0.1, -0.05) is 0 Å². The van der Waals surface area contributed by atoms with Crippen LogP contribution in [0.4, 0.5) is 11.6 Å². The normalized spacial score (nSPS) is 15.8. The Balaban J connectivity index is 1.68. The zero-order valence-corrected chi connectivity index (χ0v) is 14.9. The van der Waals surface area contributed by atoms with Crippen LogP contribution >= 0.6 is 0 Å². The first-order chi connectivity index (χ1) is 12.3. The molecule has 0 radical (unpaired) electrons. The first kappa shape index (κ1) is 17.8. The van der Waals surface area contributed by atoms with Crippen molar-refractivity contribution in [2.75, 3.05) is 57.3 Å². The van der Waals surface area contributed by atoms with E-state index in [1.807, 2.05) is 0 Å². The third-order valence-electron chi connectivity index (χ3n) is 4.57. The van der Waals surface area contributed by atoms with Crippen LogP contribution in [-0.4, -0.2) is 67.3 Å². The molecule has 9 heteroatoms. The number of aromatic nitrogens is 4. The van der Waals surface area contributed by atoms with Gasteiger partial charge in [0.2, 0.25) is 11.3 Å². The summed E-state index contributed by atoms with van der Waals surface area (Å²) in [6, 6.07) is 0. The van der Waals surface area contributed by atoms with E-state index < -0.39 is 0 Å². The topological polar surface area (TPSA) is 98.4 Å². The first-order valence-corrected chi connectivity index (χ1v) is 8.78. The summed E-state index contributed by atoms with van der Waals surface area (Å²) in [5.41, 5.74) is 0.854. The Morgan fingerprint density at radius 1 is 1.08 bits per heavy atom. The van der Waals surface area contributed by atoms with Gasteiger partial charge in [0.05, 0.1) is 6.61 Å². The van der Waals surface area contributed by atoms with Gasteiger partial charge in [0, 0.05) is 40.5 Å². The number of rotatable bonds is 9. The molecule has 138 valence electrons. The van der Waals surface area contributed by atoms with Crippen LogP contribution < -0.4 is 10.2 Å². The van der Waals surface area contributed by atoms with Crippen molar-refractivity contribution in [3.05, 3.63) is 0 Å². The second-order valence-corrected chi connectivity index (χ2v) is 6.29. The SMILES string of the molecule is COCCCC1CCN(c2nc3nonc3nc2NCCOC)CC1. The largest absolute Gasteiger partial charge is 0.385 e. The van der Waals surface area contributed by atoms with Gasteiger partial charge >= 0.3 is 0 Å². The highest BCUT2D eigenvalue weighted by Gasteiger charge is 2.24. The minimum atomic E-state index is 0.415. The maximum Gasteiger partial charge on any atom is 0.245 e. The highest BCUT2D eigenvalue weighted by molar-refractivity contribution is 5.74. The quantitative estimate of drug-likeness (QED) is 0.678. The minimum absolute atomic E-state index is 0.415. The summed E-state index contributed by atoms with van der Waals surface area (Å²) in [6.07, 6.45) is 4.65. The van der Waals surface area contributed by atoms with Crippen molar-refractivity contribution in [1.29, 1.82) is 0 Å². The lowest BCUT2D eigenvalue weighted by Gasteiger charge is -2.33. The Morgan fingerprint density at radius 2 is 1.80 bits per heavy atom. The molecular weight excluding hydrogens is 324 g/mol. The van der Waals surface area contributed by atoms with Crippen molar-refractivity contribution in [3.63, 3.8) is 0 Å². The number of hydrogen-bond donors (Lipinski definition) is 1. The maximum absolute atomic E-state index is 5.15. The Kier molecular flexibility index (Phi) is 6.35. The van der Waals surface area contributed by atoms with E-state index in [1.165, 1.54) is 6.42 Å². The molecule has 0 unspecified atom stereocenters. The van der Waals surface area contributed by atoms with Crippen LogP contribution in [0.2, 0.25) is 0 Å². The summed E-state index contributed by atoms with van der Waals surface area (Å²) in [5.74, 6) is 2.27. The highest BCUT2D eigenvalue weighted by atomic mass is 16.6. The molecule has 0 aromatic carbocycles. The molecule has 25 heavy (non-hydrogen) atoms. The molecule has 1 aliphatic rings. The van der Waals surface area contributed by atoms with Gasteiger partial charge < -0.3 is 19.7 Å². The number of ether oxygens (including phenoxy) is 2. The number of hydrogen-bond acceptors (Lipinski definition) is 9. The van der Waals surface area contributed by atoms with E-state index >= 15 is 0 Å². The monoisotopic (exact) mass is 350 g/mol. The zero-order valence-electron chi connectivity index (χ0n) is 14.9. The fourth-order valence-electron chi connectivity index (χ4n) is 3.19. The van der Waals surface area contributed by atoms with Gasteiger partial charge in [0.1, 0.15) is 0 Å². The van der Waals surface area contributed by atoms with Crippen molar-refractivity contribution in [2.24, 2.45) is 5.92 Å². The molecule has 0 amide bonds. The van der Waals surface area contributed by atoms with Crippen LogP contribution in [0.1, 0.15) is 25.7 Å². The number of nitrogens with one attached hydrogen (secondary N) is 1. The summed E-state index contributed by atoms with van der Waals surface area (Å²) >= 11 is 0. The van der Waals surface area contributed by atoms with Crippen molar-refractivity contribution in [1.82, 2.24) is 20.3 Å². The lowest BCUT2D eigenvalue weighted by Crippen LogP contribution is -2.35. The average molecular weight is 350 g/mol. The first-order valence-electron chi connectivity index (χ1n) is 8.78. The molecule has 0 bridgehead atoms. The van der Waals surface area contributed by atoms with E-state index in [0.717, 1.165) is 50.7 Å². The summed E-state index contributed by atoms with van der Waals surface area (Å²) in [4.78, 5) is 11.4. The Hall–Kier alpha value is -2.00. The van der Waals surface area contributed by atoms with Crippen LogP contribution in [-0.2, 0) is 9.47 Å². The molecule has 2 aromatic heterocycles. The van der Waals surface area contributed by atoms with Gasteiger partial charge in [-0.05, 0) is 41.9 Å². The third kappa shape index (κ3) is 4.55. The Morgan fingerprint density at radius 3 is 2.52 bits per heavy atom. The fourth-order valence-corrected chi connectivity index (χ4v) is 3.19. The van der Waals surface area contributed by atoms with Crippen molar-refractivity contribution < 1.29 is 14.1 Å². The van der Waals surface area contributed by atoms with E-state index in [1.54, 1.807) is 14.2 Å². The van der Waals surface area contributed by atoms with Gasteiger partial charge in [-0.2, -0.15) is 0 Å². The molecule has 9 nitrogen and oxygen atoms in total. The molecule has 1 fully saturated rings. The Labute approximate surface area is 147 Å². The second-order valence-electron chi connectivity index (χ2n) is 6.29. The fraction of sp³-hybridized carbons (Fsp3) is 0.750. The van der Waals surface area contributed by atoms with Crippen molar-refractivity contribution in [3.8, 4) is 0 Å². The molecule has 3 heterocycles. The van der Waals surface area contributed by atoms with E-state index in [0.29, 0.717) is 30.3 Å². The summed E-state index contributed by atoms with van der Waals surface area (Å²) in [7, 11) is 3.43. The van der Waals surface area contributed by atoms with Crippen LogP contribution in [0.15, 0.2) is 4.63 Å². The molecule has 0 aliphatic carbocycles. The lowest BCUT2D eigenvalue weighted by molar-refractivity contribution is 0.183. The van der Waals surface area contributed by atoms with Gasteiger partial charge in [0.25, 0.3) is 0 Å². The molecule has 1 aliphatic heterocycles. The van der Waals surface area contributed by atoms with Crippen LogP contribution in [0.5, 0.6) is 0 Å². The number of anilines is 2. The molecule has 0 spiro atoms. The molecular formula is C16H26N6O3. The average Bonchev–Trinajstić information content (AvgIpc) is 3.09. The zero-order chi connectivity index (χ0) is 17.5. The molecule has 0 saturated carbocycles. The van der Waals surface area contributed by atoms with Crippen LogP contribution in [0, 0.1) is 5.92 Å². The molecule has 2 aromatic rings. The molecule has 1 N–H and O–H groups in total. The third-order valence-corrected chi connectivity index (χ3v) is 4.57. The van der Waals surface area contributed by atoms with Gasteiger partial charge in [0.15, 0.2) is 11.6 Å². The predicted octanol–water partition coefficient (Wildman–Crippen LogP) is 1.71. The summed E-state index contributed by atoms with van der Waals surface area (Å²) in [5, 5.41) is 10.9. The number of methoxy groups -OCH3 is 2. The van der Waals surface area contributed by atoms with Gasteiger partial charge in [-0.15, -0.1) is 0 Å². The standard InChI is InChI=1S/C16H26N6O3/c1-23-10-3-4-12-5-8-22(9-6-12)16-15(17-7-11-24-2)18-13-14(19-16)21-25-20-13/h12H,3-11H2,1-2H3,(H,17,18,20). The van der Waals surface area contributed by atoms with Crippen LogP contribution in [0.25, 0.3) is 11.3 Å². The number of nitrogens with zero attached hydrogens (tertiary/aromatic N) is 5. The number of fused-ring (bicyclic) bond motifs is 1. The van der Waals surface area contributed by atoms with E-state index in [9.17, 15) is 0 Å². The Bertz CT molecular complexity index is 656. The van der Waals surface area contributed by atoms with Gasteiger partial charge in [-0.3, -0.25) is 0 Å². The molecule has 0 atom stereocenters. The second kappa shape index (κ2) is 8.91. The van der Waals surface area contributed by atoms with Crippen molar-refractivity contribution in [2.45, 2.75) is 25.7 Å².